The zero-order chi connectivity index (χ0) is 21.2. The molecular formula is C23H29N5O3. The van der Waals surface area contributed by atoms with Gasteiger partial charge in [0.25, 0.3) is 5.91 Å². The fourth-order valence-corrected chi connectivity index (χ4v) is 4.49. The molecule has 4 heterocycles. The first kappa shape index (κ1) is 19.9. The second-order valence-electron chi connectivity index (χ2n) is 8.32. The number of carbonyl (C=O) groups is 1. The van der Waals surface area contributed by atoms with Gasteiger partial charge in [-0.15, -0.1) is 0 Å². The molecule has 2 saturated heterocycles. The zero-order valence-electron chi connectivity index (χ0n) is 18.0. The van der Waals surface area contributed by atoms with Gasteiger partial charge in [-0.3, -0.25) is 4.79 Å². The molecule has 1 amide bonds. The number of amides is 1. The van der Waals surface area contributed by atoms with Gasteiger partial charge in [0.1, 0.15) is 19.0 Å². The summed E-state index contributed by atoms with van der Waals surface area (Å²) in [6, 6.07) is 7.59. The number of nitrogens with zero attached hydrogens (tertiary/aromatic N) is 5. The van der Waals surface area contributed by atoms with Gasteiger partial charge in [-0.05, 0) is 38.3 Å². The Labute approximate surface area is 182 Å². The number of carbonyl (C=O) groups excluding carboxylic acids is 1. The van der Waals surface area contributed by atoms with E-state index in [-0.39, 0.29) is 5.91 Å². The highest BCUT2D eigenvalue weighted by molar-refractivity contribution is 5.98. The number of para-hydroxylation sites is 1. The van der Waals surface area contributed by atoms with Crippen LogP contribution in [0.2, 0.25) is 0 Å². The molecule has 31 heavy (non-hydrogen) atoms. The van der Waals surface area contributed by atoms with E-state index in [9.17, 15) is 4.79 Å². The lowest BCUT2D eigenvalue weighted by Crippen LogP contribution is -2.49. The minimum absolute atomic E-state index is 0.0128. The number of piperidine rings is 1. The first-order valence-corrected chi connectivity index (χ1v) is 11.2. The van der Waals surface area contributed by atoms with Gasteiger partial charge in [-0.2, -0.15) is 4.98 Å². The van der Waals surface area contributed by atoms with Crippen molar-refractivity contribution in [3.8, 4) is 11.5 Å². The molecule has 3 aliphatic heterocycles. The van der Waals surface area contributed by atoms with Crippen LogP contribution in [0.3, 0.4) is 0 Å². The molecule has 0 bridgehead atoms. The van der Waals surface area contributed by atoms with Crippen molar-refractivity contribution in [3.05, 3.63) is 35.5 Å². The minimum Gasteiger partial charge on any atom is -0.486 e. The van der Waals surface area contributed by atoms with Crippen molar-refractivity contribution < 1.29 is 14.3 Å². The monoisotopic (exact) mass is 423 g/mol. The molecule has 0 aliphatic carbocycles. The van der Waals surface area contributed by atoms with Crippen LogP contribution in [-0.4, -0.2) is 73.3 Å². The Morgan fingerprint density at radius 2 is 1.68 bits per heavy atom. The van der Waals surface area contributed by atoms with Crippen LogP contribution in [0.5, 0.6) is 11.5 Å². The Hall–Kier alpha value is -3.03. The van der Waals surface area contributed by atoms with Gasteiger partial charge >= 0.3 is 0 Å². The summed E-state index contributed by atoms with van der Waals surface area (Å²) in [6.45, 7) is 7.80. The van der Waals surface area contributed by atoms with Crippen LogP contribution in [0.15, 0.2) is 24.3 Å². The number of piperazine rings is 1. The van der Waals surface area contributed by atoms with E-state index in [0.717, 1.165) is 30.5 Å². The molecule has 2 fully saturated rings. The van der Waals surface area contributed by atoms with E-state index < -0.39 is 0 Å². The second-order valence-corrected chi connectivity index (χ2v) is 8.32. The SMILES string of the molecule is Cc1cc(N2CCCCC2)nc(N2CCN(C(=O)c3cccc4c3OCCO4)CC2)n1. The van der Waals surface area contributed by atoms with Gasteiger partial charge in [0.2, 0.25) is 5.95 Å². The van der Waals surface area contributed by atoms with E-state index >= 15 is 0 Å². The summed E-state index contributed by atoms with van der Waals surface area (Å²) >= 11 is 0. The highest BCUT2D eigenvalue weighted by Crippen LogP contribution is 2.34. The molecule has 8 nitrogen and oxygen atoms in total. The first-order valence-electron chi connectivity index (χ1n) is 11.2. The number of hydrogen-bond donors (Lipinski definition) is 0. The predicted molar refractivity (Wildman–Crippen MR) is 118 cm³/mol. The second kappa shape index (κ2) is 8.61. The number of ether oxygens (including phenoxy) is 2. The van der Waals surface area contributed by atoms with E-state index in [2.05, 4.69) is 20.9 Å². The molecule has 0 radical (unpaired) electrons. The van der Waals surface area contributed by atoms with Crippen molar-refractivity contribution in [1.29, 1.82) is 0 Å². The molecule has 0 saturated carbocycles. The first-order chi connectivity index (χ1) is 15.2. The van der Waals surface area contributed by atoms with Gasteiger partial charge in [0.15, 0.2) is 11.5 Å². The normalized spacial score (nSPS) is 18.8. The Morgan fingerprint density at radius 1 is 0.903 bits per heavy atom. The summed E-state index contributed by atoms with van der Waals surface area (Å²) in [5.41, 5.74) is 1.56. The smallest absolute Gasteiger partial charge is 0.257 e. The summed E-state index contributed by atoms with van der Waals surface area (Å²) in [5.74, 6) is 2.99. The number of anilines is 2. The van der Waals surface area contributed by atoms with Crippen LogP contribution in [0.25, 0.3) is 0 Å². The fourth-order valence-electron chi connectivity index (χ4n) is 4.49. The molecular weight excluding hydrogens is 394 g/mol. The number of aromatic nitrogens is 2. The van der Waals surface area contributed by atoms with E-state index in [4.69, 9.17) is 14.5 Å². The molecule has 0 spiro atoms. The van der Waals surface area contributed by atoms with Crippen LogP contribution < -0.4 is 19.3 Å². The predicted octanol–water partition coefficient (Wildman–Crippen LogP) is 2.51. The Morgan fingerprint density at radius 3 is 2.48 bits per heavy atom. The van der Waals surface area contributed by atoms with Crippen molar-refractivity contribution in [2.75, 3.05) is 62.3 Å². The van der Waals surface area contributed by atoms with Crippen molar-refractivity contribution in [2.45, 2.75) is 26.2 Å². The number of hydrogen-bond acceptors (Lipinski definition) is 7. The van der Waals surface area contributed by atoms with Crippen molar-refractivity contribution in [2.24, 2.45) is 0 Å². The van der Waals surface area contributed by atoms with Gasteiger partial charge in [-0.25, -0.2) is 4.98 Å². The minimum atomic E-state index is -0.0128. The average Bonchev–Trinajstić information content (AvgIpc) is 2.83. The third-order valence-corrected chi connectivity index (χ3v) is 6.16. The molecule has 5 rings (SSSR count). The van der Waals surface area contributed by atoms with Crippen LogP contribution in [0, 0.1) is 6.92 Å². The lowest BCUT2D eigenvalue weighted by Gasteiger charge is -2.36. The summed E-state index contributed by atoms with van der Waals surface area (Å²) < 4.78 is 11.4. The number of fused-ring (bicyclic) bond motifs is 1. The van der Waals surface area contributed by atoms with Crippen molar-refractivity contribution in [1.82, 2.24) is 14.9 Å². The Balaban J connectivity index is 1.28. The van der Waals surface area contributed by atoms with Crippen molar-refractivity contribution >= 4 is 17.7 Å². The largest absolute Gasteiger partial charge is 0.486 e. The van der Waals surface area contributed by atoms with E-state index in [1.807, 2.05) is 30.0 Å². The summed E-state index contributed by atoms with van der Waals surface area (Å²) in [5, 5.41) is 0. The van der Waals surface area contributed by atoms with Crippen LogP contribution >= 0.6 is 0 Å². The van der Waals surface area contributed by atoms with Gasteiger partial charge in [0.05, 0.1) is 5.56 Å². The summed E-state index contributed by atoms with van der Waals surface area (Å²) in [7, 11) is 0. The number of rotatable bonds is 3. The van der Waals surface area contributed by atoms with E-state index in [1.165, 1.54) is 19.3 Å². The molecule has 0 N–H and O–H groups in total. The van der Waals surface area contributed by atoms with Gasteiger partial charge in [-0.1, -0.05) is 6.07 Å². The van der Waals surface area contributed by atoms with E-state index in [0.29, 0.717) is 56.5 Å². The lowest BCUT2D eigenvalue weighted by molar-refractivity contribution is 0.0735. The van der Waals surface area contributed by atoms with Gasteiger partial charge in [0, 0.05) is 51.0 Å². The molecule has 1 aromatic carbocycles. The maximum absolute atomic E-state index is 13.2. The summed E-state index contributed by atoms with van der Waals surface area (Å²) in [4.78, 5) is 29.1. The van der Waals surface area contributed by atoms with Crippen LogP contribution in [0.1, 0.15) is 35.3 Å². The Bertz CT molecular complexity index is 952. The Kier molecular flexibility index (Phi) is 5.53. The van der Waals surface area contributed by atoms with Gasteiger partial charge < -0.3 is 24.2 Å². The average molecular weight is 424 g/mol. The highest BCUT2D eigenvalue weighted by atomic mass is 16.6. The van der Waals surface area contributed by atoms with Crippen LogP contribution in [0.4, 0.5) is 11.8 Å². The number of aryl methyl sites for hydroxylation is 1. The molecule has 164 valence electrons. The summed E-state index contributed by atoms with van der Waals surface area (Å²) in [6.07, 6.45) is 3.74. The third kappa shape index (κ3) is 4.11. The lowest BCUT2D eigenvalue weighted by atomic mass is 10.1. The van der Waals surface area contributed by atoms with E-state index in [1.54, 1.807) is 0 Å². The molecule has 8 heteroatoms. The molecule has 3 aliphatic rings. The maximum atomic E-state index is 13.2. The highest BCUT2D eigenvalue weighted by Gasteiger charge is 2.28. The molecule has 0 unspecified atom stereocenters. The molecule has 0 atom stereocenters. The molecule has 1 aromatic heterocycles. The topological polar surface area (TPSA) is 71.0 Å². The quantitative estimate of drug-likeness (QED) is 0.751. The standard InChI is InChI=1S/C23H29N5O3/c1-17-16-20(26-8-3-2-4-9-26)25-23(24-17)28-12-10-27(11-13-28)22(29)18-6-5-7-19-21(18)31-15-14-30-19/h5-7,16H,2-4,8-15H2,1H3. The maximum Gasteiger partial charge on any atom is 0.257 e. The van der Waals surface area contributed by atoms with Crippen LogP contribution in [-0.2, 0) is 0 Å². The molecule has 2 aromatic rings. The zero-order valence-corrected chi connectivity index (χ0v) is 18.0. The third-order valence-electron chi connectivity index (χ3n) is 6.16. The number of benzene rings is 1. The fraction of sp³-hybridized carbons (Fsp3) is 0.522. The van der Waals surface area contributed by atoms with Crippen molar-refractivity contribution in [3.63, 3.8) is 0 Å².